The zero-order valence-electron chi connectivity index (χ0n) is 9.78. The van der Waals surface area contributed by atoms with Crippen LogP contribution < -0.4 is 0 Å². The van der Waals surface area contributed by atoms with Crippen LogP contribution in [0.2, 0.25) is 0 Å². The van der Waals surface area contributed by atoms with Gasteiger partial charge in [0.2, 0.25) is 0 Å². The van der Waals surface area contributed by atoms with Crippen LogP contribution in [0.15, 0.2) is 4.47 Å². The molecule has 0 aliphatic carbocycles. The van der Waals surface area contributed by atoms with E-state index in [9.17, 15) is 0 Å². The highest BCUT2D eigenvalue weighted by molar-refractivity contribution is 9.10. The lowest BCUT2D eigenvalue weighted by Gasteiger charge is -2.38. The van der Waals surface area contributed by atoms with Crippen LogP contribution in [0.5, 0.6) is 0 Å². The van der Waals surface area contributed by atoms with Crippen LogP contribution in [0.1, 0.15) is 18.3 Å². The molecule has 2 heterocycles. The zero-order valence-corrected chi connectivity index (χ0v) is 11.4. The van der Waals surface area contributed by atoms with Crippen molar-refractivity contribution in [2.24, 2.45) is 13.0 Å². The van der Waals surface area contributed by atoms with E-state index < -0.39 is 0 Å². The second kappa shape index (κ2) is 4.85. The van der Waals surface area contributed by atoms with Crippen molar-refractivity contribution in [1.82, 2.24) is 14.7 Å². The van der Waals surface area contributed by atoms with E-state index in [1.807, 2.05) is 11.7 Å². The number of aryl methyl sites for hydroxylation is 2. The summed E-state index contributed by atoms with van der Waals surface area (Å²) >= 11 is 3.62. The molecule has 2 rings (SSSR count). The van der Waals surface area contributed by atoms with Crippen molar-refractivity contribution in [3.63, 3.8) is 0 Å². The maximum absolute atomic E-state index is 8.97. The average Bonchev–Trinajstić information content (AvgIpc) is 2.48. The maximum Gasteiger partial charge on any atom is 0.0767 e. The van der Waals surface area contributed by atoms with Crippen molar-refractivity contribution in [3.8, 4) is 0 Å². The summed E-state index contributed by atoms with van der Waals surface area (Å²) in [5.41, 5.74) is 2.35. The molecule has 1 aromatic heterocycles. The molecule has 0 amide bonds. The predicted octanol–water partition coefficient (Wildman–Crippen LogP) is 1.17. The Kier molecular flexibility index (Phi) is 3.66. The van der Waals surface area contributed by atoms with Gasteiger partial charge in [-0.25, -0.2) is 0 Å². The highest BCUT2D eigenvalue weighted by atomic mass is 79.9. The monoisotopic (exact) mass is 287 g/mol. The van der Waals surface area contributed by atoms with E-state index >= 15 is 0 Å². The van der Waals surface area contributed by atoms with E-state index in [1.165, 1.54) is 5.69 Å². The summed E-state index contributed by atoms with van der Waals surface area (Å²) in [5.74, 6) is 0.470. The lowest BCUT2D eigenvalue weighted by molar-refractivity contribution is 0.0460. The molecule has 0 unspecified atom stereocenters. The molecule has 0 radical (unpaired) electrons. The number of hydrogen-bond acceptors (Lipinski definition) is 3. The van der Waals surface area contributed by atoms with Crippen LogP contribution in [0.3, 0.4) is 0 Å². The molecule has 0 spiro atoms. The molecular formula is C11H18BrN3O. The lowest BCUT2D eigenvalue weighted by atomic mass is 10.0. The minimum absolute atomic E-state index is 0.309. The largest absolute Gasteiger partial charge is 0.396 e. The molecule has 1 aliphatic rings. The highest BCUT2D eigenvalue weighted by Crippen LogP contribution is 2.25. The van der Waals surface area contributed by atoms with Gasteiger partial charge in [-0.3, -0.25) is 9.58 Å². The van der Waals surface area contributed by atoms with Crippen molar-refractivity contribution in [3.05, 3.63) is 15.9 Å². The molecule has 1 aliphatic heterocycles. The van der Waals surface area contributed by atoms with Gasteiger partial charge in [0.05, 0.1) is 15.9 Å². The maximum atomic E-state index is 8.97. The van der Waals surface area contributed by atoms with Gasteiger partial charge >= 0.3 is 0 Å². The van der Waals surface area contributed by atoms with Crippen LogP contribution in [-0.4, -0.2) is 39.5 Å². The number of aromatic nitrogens is 2. The van der Waals surface area contributed by atoms with Crippen LogP contribution in [0, 0.1) is 5.92 Å². The van der Waals surface area contributed by atoms with Crippen molar-refractivity contribution in [1.29, 1.82) is 0 Å². The van der Waals surface area contributed by atoms with Gasteiger partial charge in [-0.2, -0.15) is 5.10 Å². The molecule has 1 aromatic rings. The van der Waals surface area contributed by atoms with Crippen molar-refractivity contribution < 1.29 is 5.11 Å². The fourth-order valence-corrected chi connectivity index (χ4v) is 2.87. The van der Waals surface area contributed by atoms with Crippen LogP contribution in [0.4, 0.5) is 0 Å². The molecule has 1 fully saturated rings. The van der Waals surface area contributed by atoms with Gasteiger partial charge in [0.15, 0.2) is 0 Å². The number of hydrogen-bond donors (Lipinski definition) is 1. The number of halogens is 1. The molecule has 0 atom stereocenters. The summed E-state index contributed by atoms with van der Waals surface area (Å²) in [5, 5.41) is 13.4. The molecule has 0 bridgehead atoms. The Morgan fingerprint density at radius 1 is 1.50 bits per heavy atom. The standard InChI is InChI=1S/C11H18BrN3O/c1-3-9-11(12)10(14(2)13-9)6-15-4-8(5-15)7-16/h8,16H,3-7H2,1-2H3. The van der Waals surface area contributed by atoms with Gasteiger partial charge in [0.1, 0.15) is 0 Å². The second-order valence-corrected chi connectivity index (χ2v) is 5.22. The van der Waals surface area contributed by atoms with Gasteiger partial charge in [-0.15, -0.1) is 0 Å². The van der Waals surface area contributed by atoms with Crippen molar-refractivity contribution in [2.75, 3.05) is 19.7 Å². The van der Waals surface area contributed by atoms with Gasteiger partial charge in [0, 0.05) is 39.2 Å². The van der Waals surface area contributed by atoms with Crippen molar-refractivity contribution in [2.45, 2.75) is 19.9 Å². The minimum atomic E-state index is 0.309. The Morgan fingerprint density at radius 3 is 2.69 bits per heavy atom. The Hall–Kier alpha value is -0.390. The van der Waals surface area contributed by atoms with Gasteiger partial charge < -0.3 is 5.11 Å². The zero-order chi connectivity index (χ0) is 11.7. The first kappa shape index (κ1) is 12.1. The fourth-order valence-electron chi connectivity index (χ4n) is 2.12. The number of aliphatic hydroxyl groups excluding tert-OH is 1. The van der Waals surface area contributed by atoms with E-state index in [1.54, 1.807) is 0 Å². The fraction of sp³-hybridized carbons (Fsp3) is 0.727. The average molecular weight is 288 g/mol. The minimum Gasteiger partial charge on any atom is -0.396 e. The molecule has 1 saturated heterocycles. The molecule has 90 valence electrons. The third-order valence-electron chi connectivity index (χ3n) is 3.17. The van der Waals surface area contributed by atoms with Crippen molar-refractivity contribution >= 4 is 15.9 Å². The molecule has 0 saturated carbocycles. The first-order chi connectivity index (χ1) is 7.65. The summed E-state index contributed by atoms with van der Waals surface area (Å²) < 4.78 is 3.10. The first-order valence-corrected chi connectivity index (χ1v) is 6.48. The smallest absolute Gasteiger partial charge is 0.0767 e. The van der Waals surface area contributed by atoms with Gasteiger partial charge in [0.25, 0.3) is 0 Å². The number of rotatable bonds is 4. The Morgan fingerprint density at radius 2 is 2.19 bits per heavy atom. The predicted molar refractivity (Wildman–Crippen MR) is 66.1 cm³/mol. The van der Waals surface area contributed by atoms with E-state index in [0.29, 0.717) is 12.5 Å². The molecule has 1 N–H and O–H groups in total. The molecule has 4 nitrogen and oxygen atoms in total. The highest BCUT2D eigenvalue weighted by Gasteiger charge is 2.27. The van der Waals surface area contributed by atoms with E-state index in [4.69, 9.17) is 5.11 Å². The van der Waals surface area contributed by atoms with Crippen LogP contribution in [0.25, 0.3) is 0 Å². The molecule has 0 aromatic carbocycles. The van der Waals surface area contributed by atoms with E-state index in [2.05, 4.69) is 32.9 Å². The molecule has 5 heteroatoms. The molecular weight excluding hydrogens is 270 g/mol. The molecule has 16 heavy (non-hydrogen) atoms. The summed E-state index contributed by atoms with van der Waals surface area (Å²) in [6.07, 6.45) is 0.952. The van der Waals surface area contributed by atoms with Gasteiger partial charge in [-0.05, 0) is 22.4 Å². The quantitative estimate of drug-likeness (QED) is 0.904. The topological polar surface area (TPSA) is 41.3 Å². The van der Waals surface area contributed by atoms with Crippen LogP contribution >= 0.6 is 15.9 Å². The third kappa shape index (κ3) is 2.17. The lowest BCUT2D eigenvalue weighted by Crippen LogP contribution is -2.47. The number of nitrogens with zero attached hydrogens (tertiary/aromatic N) is 3. The summed E-state index contributed by atoms with van der Waals surface area (Å²) in [4.78, 5) is 2.34. The Bertz CT molecular complexity index is 372. The van der Waals surface area contributed by atoms with Gasteiger partial charge in [-0.1, -0.05) is 6.92 Å². The second-order valence-electron chi connectivity index (χ2n) is 4.43. The Balaban J connectivity index is 2.02. The number of aliphatic hydroxyl groups is 1. The summed E-state index contributed by atoms with van der Waals surface area (Å²) in [6.45, 7) is 5.33. The first-order valence-electron chi connectivity index (χ1n) is 5.69. The Labute approximate surface area is 104 Å². The summed E-state index contributed by atoms with van der Waals surface area (Å²) in [6, 6.07) is 0. The normalized spacial score (nSPS) is 17.8. The van der Waals surface area contributed by atoms with E-state index in [-0.39, 0.29) is 0 Å². The number of likely N-dealkylation sites (tertiary alicyclic amines) is 1. The summed E-state index contributed by atoms with van der Waals surface area (Å²) in [7, 11) is 1.99. The SMILES string of the molecule is CCc1nn(C)c(CN2CC(CO)C2)c1Br. The van der Waals surface area contributed by atoms with Crippen LogP contribution in [-0.2, 0) is 20.0 Å². The van der Waals surface area contributed by atoms with E-state index in [0.717, 1.165) is 36.2 Å². The third-order valence-corrected chi connectivity index (χ3v) is 4.08.